The van der Waals surface area contributed by atoms with Crippen molar-refractivity contribution in [1.29, 1.82) is 0 Å². The number of halogens is 5. The molecule has 508 valence electrons. The number of rotatable bonds is 24. The summed E-state index contributed by atoms with van der Waals surface area (Å²) in [6, 6.07) is 0.418. The van der Waals surface area contributed by atoms with E-state index in [1.54, 1.807) is 71.9 Å². The van der Waals surface area contributed by atoms with E-state index in [1.165, 1.54) is 33.1 Å². The smallest absolute Gasteiger partial charge is 0.418 e. The molecule has 24 nitrogen and oxygen atoms in total. The highest BCUT2D eigenvalue weighted by Gasteiger charge is 2.64. The molecule has 2 aromatic rings. The Labute approximate surface area is 546 Å². The number of primary amides is 1. The first-order valence-electron chi connectivity index (χ1n) is 29.9. The maximum atomic E-state index is 15.1. The molecule has 4 bridgehead atoms. The van der Waals surface area contributed by atoms with Gasteiger partial charge in [-0.1, -0.05) is 78.7 Å². The number of carbonyl (C=O) groups excluding carboxylic acids is 9. The molecule has 3 heterocycles. The number of urea groups is 1. The van der Waals surface area contributed by atoms with Crippen LogP contribution >= 0.6 is 27.5 Å². The normalized spacial score (nSPS) is 23.7. The highest BCUT2D eigenvalue weighted by Crippen LogP contribution is 2.49. The Morgan fingerprint density at radius 1 is 1.03 bits per heavy atom. The molecule has 8 amide bonds. The Hall–Kier alpha value is -7.27. The quantitative estimate of drug-likeness (QED) is 0.0132. The van der Waals surface area contributed by atoms with Gasteiger partial charge in [-0.3, -0.25) is 29.3 Å². The van der Waals surface area contributed by atoms with E-state index in [9.17, 15) is 48.3 Å². The fourth-order valence-corrected chi connectivity index (χ4v) is 11.3. The number of hydrogen-bond acceptors (Lipinski definition) is 16. The number of alkyl carbamates (subject to hydrolysis) is 1. The predicted octanol–water partition coefficient (Wildman–Crippen LogP) is 7.69. The highest BCUT2D eigenvalue weighted by molar-refractivity contribution is 9.09. The number of likely N-dealkylation sites (N-methyl/N-ethyl adjacent to an activating group) is 1. The lowest BCUT2D eigenvalue weighted by atomic mass is 9.83. The molecule has 2 saturated heterocycles. The summed E-state index contributed by atoms with van der Waals surface area (Å²) in [4.78, 5) is 123. The van der Waals surface area contributed by atoms with Crippen LogP contribution in [-0.2, 0) is 65.0 Å². The van der Waals surface area contributed by atoms with Gasteiger partial charge in [0.05, 0.1) is 36.6 Å². The number of anilines is 2. The number of ether oxygens (including phenoxy) is 6. The van der Waals surface area contributed by atoms with E-state index in [1.807, 2.05) is 6.92 Å². The highest BCUT2D eigenvalue weighted by atomic mass is 79.9. The number of amides is 8. The summed E-state index contributed by atoms with van der Waals surface area (Å²) in [5.41, 5.74) is -0.0679. The summed E-state index contributed by atoms with van der Waals surface area (Å²) in [5, 5.41) is 24.4. The minimum absolute atomic E-state index is 0.00603. The Morgan fingerprint density at radius 3 is 2.34 bits per heavy atom. The molecule has 10 atom stereocenters. The Morgan fingerprint density at radius 2 is 1.72 bits per heavy atom. The summed E-state index contributed by atoms with van der Waals surface area (Å²) in [7, 11) is 5.35. The van der Waals surface area contributed by atoms with Crippen LogP contribution in [0.1, 0.15) is 128 Å². The first kappa shape index (κ1) is 75.4. The molecule has 8 N–H and O–H groups in total. The van der Waals surface area contributed by atoms with Crippen LogP contribution in [0.4, 0.5) is 34.1 Å². The van der Waals surface area contributed by atoms with E-state index in [0.29, 0.717) is 37.3 Å². The Balaban J connectivity index is 1.38. The van der Waals surface area contributed by atoms with E-state index < -0.39 is 154 Å². The Bertz CT molecular complexity index is 3170. The van der Waals surface area contributed by atoms with E-state index >= 15 is 13.2 Å². The van der Waals surface area contributed by atoms with Gasteiger partial charge in [0.1, 0.15) is 58.4 Å². The molecular weight excluding hydrogens is 1300 g/mol. The van der Waals surface area contributed by atoms with Gasteiger partial charge in [-0.25, -0.2) is 19.2 Å². The molecule has 3 aliphatic rings. The standard InChI is InChI=1S/C63H85BrClF3N8O16/c1-33(2)51(73-48(77)21-14-15-24-60(7,8)92-56(82)35(4)32-64)54(80)72-42(19-17-25-70-58(69)84)53(79)71-41-23-22-39(29-40(41)63(66,67)68)55(81)75(10)37(6)57(83)90-47-30-49(78)76(11)43-27-38(28-44(87-12)50(43)65)26-34(3)18-16-20-46(88-13)62(86)31-45(89-59(85)74-62)36(5)52-61(47,9)91-52/h16,18,20,22-23,27-29,33,36-37,42,45-47,51-52,86H,4,14-15,17,19,21,24-26,30-32H2,1-3,5-13H3,(H,71,79)(H,72,80)(H,73,77)(H,74,85)(H3,69,70,84)/b20-16+,34-18+/t36-,37+,42+,45+,46-,47+,51+,52+,61+,62+/m1/s1. The molecule has 5 rings (SSSR count). The summed E-state index contributed by atoms with van der Waals surface area (Å²) >= 11 is 9.99. The number of esters is 2. The van der Waals surface area contributed by atoms with Crippen molar-refractivity contribution in [1.82, 2.24) is 26.2 Å². The van der Waals surface area contributed by atoms with Crippen LogP contribution in [0.25, 0.3) is 0 Å². The van der Waals surface area contributed by atoms with Gasteiger partial charge in [-0.15, -0.1) is 0 Å². The topological polar surface area (TPSA) is 325 Å². The molecule has 0 unspecified atom stereocenters. The molecule has 3 aliphatic heterocycles. The summed E-state index contributed by atoms with van der Waals surface area (Å²) in [6.07, 6.45) is -5.14. The lowest BCUT2D eigenvalue weighted by Gasteiger charge is -2.42. The fraction of sp³-hybridized carbons (Fsp3) is 0.571. The number of nitrogens with one attached hydrogen (secondary N) is 5. The second-order valence-electron chi connectivity index (χ2n) is 24.4. The molecule has 2 aromatic carbocycles. The lowest BCUT2D eigenvalue weighted by molar-refractivity contribution is -0.158. The molecule has 92 heavy (non-hydrogen) atoms. The number of fused-ring (bicyclic) bond motifs is 5. The summed E-state index contributed by atoms with van der Waals surface area (Å²) < 4.78 is 80.1. The molecule has 0 spiro atoms. The van der Waals surface area contributed by atoms with Crippen LogP contribution in [-0.4, -0.2) is 163 Å². The van der Waals surface area contributed by atoms with Crippen molar-refractivity contribution < 1.29 is 89.8 Å². The van der Waals surface area contributed by atoms with Crippen molar-refractivity contribution in [2.75, 3.05) is 50.4 Å². The van der Waals surface area contributed by atoms with Crippen LogP contribution in [0, 0.1) is 11.8 Å². The average molecular weight is 1380 g/mol. The van der Waals surface area contributed by atoms with E-state index in [4.69, 9.17) is 45.8 Å². The number of hydrogen-bond donors (Lipinski definition) is 7. The molecular formula is C63H85BrClF3N8O16. The molecule has 2 fully saturated rings. The van der Waals surface area contributed by atoms with Gasteiger partial charge in [0.15, 0.2) is 5.72 Å². The number of nitrogens with zero attached hydrogens (tertiary/aromatic N) is 2. The molecule has 29 heteroatoms. The van der Waals surface area contributed by atoms with Crippen LogP contribution < -0.4 is 42.0 Å². The fourth-order valence-electron chi connectivity index (χ4n) is 10.7. The first-order valence-corrected chi connectivity index (χ1v) is 31.4. The van der Waals surface area contributed by atoms with Crippen molar-refractivity contribution in [3.05, 3.63) is 88.0 Å². The summed E-state index contributed by atoms with van der Waals surface area (Å²) in [5.74, 6) is -6.97. The minimum atomic E-state index is -5.22. The number of unbranched alkanes of at least 4 members (excludes halogenated alkanes) is 1. The minimum Gasteiger partial charge on any atom is -0.495 e. The lowest BCUT2D eigenvalue weighted by Crippen LogP contribution is -2.63. The molecule has 0 aliphatic carbocycles. The third-order valence-corrected chi connectivity index (χ3v) is 17.5. The average Bonchev–Trinajstić information content (AvgIpc) is 1.57. The van der Waals surface area contributed by atoms with E-state index in [0.717, 1.165) is 29.7 Å². The number of carbonyl (C=O) groups is 9. The second-order valence-corrected chi connectivity index (χ2v) is 25.4. The van der Waals surface area contributed by atoms with Gasteiger partial charge < -0.3 is 70.3 Å². The zero-order valence-corrected chi connectivity index (χ0v) is 56.1. The van der Waals surface area contributed by atoms with E-state index in [2.05, 4.69) is 49.1 Å². The number of nitrogens with two attached hydrogens (primary N) is 1. The third kappa shape index (κ3) is 19.9. The molecule has 0 saturated carbocycles. The van der Waals surface area contributed by atoms with Crippen molar-refractivity contribution in [2.24, 2.45) is 17.6 Å². The van der Waals surface area contributed by atoms with Gasteiger partial charge in [0, 0.05) is 63.0 Å². The van der Waals surface area contributed by atoms with Gasteiger partial charge in [0.2, 0.25) is 23.6 Å². The monoisotopic (exact) mass is 1380 g/mol. The van der Waals surface area contributed by atoms with Crippen LogP contribution in [0.5, 0.6) is 5.75 Å². The van der Waals surface area contributed by atoms with Crippen LogP contribution in [0.2, 0.25) is 5.02 Å². The number of methoxy groups -OCH3 is 2. The zero-order valence-electron chi connectivity index (χ0n) is 53.7. The van der Waals surface area contributed by atoms with Crippen LogP contribution in [0.15, 0.2) is 66.3 Å². The summed E-state index contributed by atoms with van der Waals surface area (Å²) in [6.45, 7) is 16.6. The number of alkyl halides is 4. The predicted molar refractivity (Wildman–Crippen MR) is 337 cm³/mol. The van der Waals surface area contributed by atoms with Crippen molar-refractivity contribution in [3.8, 4) is 5.75 Å². The SMILES string of the molecule is C=C(CBr)C(=O)OC(C)(C)CCCCC(=O)N[C@H](C(=O)N[C@@H](CCCNC(N)=O)C(=O)Nc1ccc(C(=O)N(C)[C@@H](C)C(=O)O[C@H]2CC(=O)N(C)c3cc(cc(OC)c3Cl)C/C(C)=C/C=C/[C@@H](OC)[C@@]3(O)C[C@H](OC(=O)N3)[C@@H](C)[C@@H]3O[C@@]23C)cc1C(F)(F)F)C(C)C. The van der Waals surface area contributed by atoms with Crippen molar-refractivity contribution in [3.63, 3.8) is 0 Å². The number of epoxide rings is 1. The number of benzene rings is 2. The van der Waals surface area contributed by atoms with E-state index in [-0.39, 0.29) is 59.6 Å². The first-order chi connectivity index (χ1) is 42.9. The van der Waals surface area contributed by atoms with Crippen molar-refractivity contribution >= 4 is 92.5 Å². The second kappa shape index (κ2) is 32.0. The molecule has 0 aromatic heterocycles. The van der Waals surface area contributed by atoms with Gasteiger partial charge in [-0.05, 0) is 115 Å². The maximum absolute atomic E-state index is 15.1. The van der Waals surface area contributed by atoms with Gasteiger partial charge in [0.25, 0.3) is 5.91 Å². The van der Waals surface area contributed by atoms with Crippen LogP contribution in [0.3, 0.4) is 0 Å². The van der Waals surface area contributed by atoms with Gasteiger partial charge >= 0.3 is 30.2 Å². The maximum Gasteiger partial charge on any atom is 0.418 e. The zero-order chi connectivity index (χ0) is 69.0. The van der Waals surface area contributed by atoms with Gasteiger partial charge in [-0.2, -0.15) is 13.2 Å². The van der Waals surface area contributed by atoms with Crippen molar-refractivity contribution in [2.45, 2.75) is 179 Å². The molecule has 0 radical (unpaired) electrons. The Kier molecular flexibility index (Phi) is 26.3. The number of allylic oxidation sites excluding steroid dienone is 3. The number of aliphatic hydroxyl groups is 1. The third-order valence-electron chi connectivity index (χ3n) is 16.4. The largest absolute Gasteiger partial charge is 0.495 e.